The molecule has 0 spiro atoms. The smallest absolute Gasteiger partial charge is 0.0584 e. The van der Waals surface area contributed by atoms with Crippen molar-refractivity contribution >= 4 is 99.8 Å². The summed E-state index contributed by atoms with van der Waals surface area (Å²) in [5.74, 6) is 4.82. The molecule has 0 unspecified atom stereocenters. The van der Waals surface area contributed by atoms with Gasteiger partial charge in [0.1, 0.15) is 0 Å². The Morgan fingerprint density at radius 3 is 1.19 bits per heavy atom. The highest BCUT2D eigenvalue weighted by molar-refractivity contribution is 8.34. The second-order valence-electron chi connectivity index (χ2n) is 12.8. The van der Waals surface area contributed by atoms with Gasteiger partial charge < -0.3 is 0 Å². The Labute approximate surface area is 303 Å². The Morgan fingerprint density at radius 1 is 0.500 bits per heavy atom. The summed E-state index contributed by atoms with van der Waals surface area (Å²) in [4.78, 5) is 15.0. The lowest BCUT2D eigenvalue weighted by molar-refractivity contribution is 1.34. The van der Waals surface area contributed by atoms with Gasteiger partial charge in [-0.15, -0.1) is 45.3 Å². The minimum atomic E-state index is -0.947. The van der Waals surface area contributed by atoms with E-state index in [-0.39, 0.29) is 0 Å². The van der Waals surface area contributed by atoms with Crippen LogP contribution >= 0.6 is 65.4 Å². The second kappa shape index (κ2) is 10.8. The summed E-state index contributed by atoms with van der Waals surface area (Å²) in [7, 11) is -1.89. The third-order valence-electron chi connectivity index (χ3n) is 11.1. The van der Waals surface area contributed by atoms with E-state index in [2.05, 4.69) is 113 Å². The molecular weight excluding hydrogens is 697 g/mol. The first-order chi connectivity index (χ1) is 23.2. The minimum Gasteiger partial charge on any atom is -0.185 e. The van der Waals surface area contributed by atoms with E-state index < -0.39 is 20.1 Å². The molecule has 2 aliphatic heterocycles. The first-order valence-electron chi connectivity index (χ1n) is 16.6. The Kier molecular flexibility index (Phi) is 7.03. The molecule has 0 saturated heterocycles. The number of rotatable bonds is 6. The molecule has 48 heavy (non-hydrogen) atoms. The molecule has 0 bridgehead atoms. The number of hydrogen-bond donors (Lipinski definition) is 0. The van der Waals surface area contributed by atoms with Crippen LogP contribution in [0.25, 0.3) is 54.0 Å². The van der Waals surface area contributed by atoms with Gasteiger partial charge in [-0.25, -0.2) is 0 Å². The van der Waals surface area contributed by atoms with Gasteiger partial charge in [0.2, 0.25) is 0 Å². The monoisotopic (exact) mass is 734 g/mol. The molecule has 0 N–H and O–H groups in total. The van der Waals surface area contributed by atoms with Crippen LogP contribution in [-0.2, 0) is 0 Å². The van der Waals surface area contributed by atoms with Crippen molar-refractivity contribution in [3.05, 3.63) is 117 Å². The zero-order chi connectivity index (χ0) is 33.3. The van der Waals surface area contributed by atoms with Gasteiger partial charge >= 0.3 is 0 Å². The van der Waals surface area contributed by atoms with Gasteiger partial charge in [-0.1, -0.05) is 54.0 Å². The zero-order valence-electron chi connectivity index (χ0n) is 27.9. The number of thiophene rings is 4. The molecular formula is C42H38S6. The minimum absolute atomic E-state index is 0.947. The molecule has 0 amide bonds. The molecule has 6 heterocycles. The molecule has 0 saturated carbocycles. The molecule has 4 aliphatic rings. The maximum atomic E-state index is 4.62. The fraction of sp³-hybridized carbons (Fsp3) is 0.190. The van der Waals surface area contributed by atoms with Crippen molar-refractivity contribution < 1.29 is 0 Å². The third-order valence-corrected chi connectivity index (χ3v) is 24.6. The molecule has 2 aliphatic carbocycles. The molecule has 4 aromatic heterocycles. The molecule has 6 heteroatoms. The van der Waals surface area contributed by atoms with Crippen LogP contribution in [0.5, 0.6) is 0 Å². The molecule has 0 radical (unpaired) electrons. The molecule has 0 atom stereocenters. The summed E-state index contributed by atoms with van der Waals surface area (Å²) in [6.45, 7) is 28.0. The number of benzene rings is 1. The quantitative estimate of drug-likeness (QED) is 0.163. The predicted molar refractivity (Wildman–Crippen MR) is 224 cm³/mol. The van der Waals surface area contributed by atoms with E-state index in [1.807, 2.05) is 45.3 Å². The summed E-state index contributed by atoms with van der Waals surface area (Å²) in [5, 5.41) is 4.57. The predicted octanol–water partition coefficient (Wildman–Crippen LogP) is 14.7. The van der Waals surface area contributed by atoms with Crippen LogP contribution in [0.15, 0.2) is 104 Å². The molecule has 0 nitrogen and oxygen atoms in total. The van der Waals surface area contributed by atoms with Crippen molar-refractivity contribution in [3.8, 4) is 19.5 Å². The van der Waals surface area contributed by atoms with Gasteiger partial charge in [0, 0.05) is 29.3 Å². The summed E-state index contributed by atoms with van der Waals surface area (Å²) < 4.78 is 0. The maximum absolute atomic E-state index is 4.62. The van der Waals surface area contributed by atoms with Gasteiger partial charge in [-0.2, -0.15) is 20.1 Å². The van der Waals surface area contributed by atoms with Gasteiger partial charge in [0.05, 0.1) is 19.5 Å². The fourth-order valence-electron chi connectivity index (χ4n) is 8.43. The van der Waals surface area contributed by atoms with Crippen molar-refractivity contribution in [2.45, 2.75) is 47.3 Å². The largest absolute Gasteiger partial charge is 0.185 e. The standard InChI is InChI=1S/C42H38S6/c1-9-47(10-2)35-13-15-43-39(35)41-37(47)19-27(45-41)17-29-23(5)31-21-33-25(7)30(26(8)34(33)22-32(31)24(29)6)18-28-20-38-42(46-28)40-36(14-16-44-40)48(38,11-3)12-4/h13-22H,5-12H2,1-4H3. The van der Waals surface area contributed by atoms with Crippen LogP contribution in [0.3, 0.4) is 0 Å². The number of hydrogen-bond acceptors (Lipinski definition) is 4. The highest BCUT2D eigenvalue weighted by Gasteiger charge is 2.41. The average molecular weight is 735 g/mol. The van der Waals surface area contributed by atoms with Gasteiger partial charge in [-0.05, 0) is 138 Å². The summed E-state index contributed by atoms with van der Waals surface area (Å²) >= 11 is 7.71. The average Bonchev–Trinajstić information content (AvgIpc) is 3.96. The third kappa shape index (κ3) is 3.85. The van der Waals surface area contributed by atoms with E-state index in [0.717, 1.165) is 33.4 Å². The van der Waals surface area contributed by atoms with Gasteiger partial charge in [0.15, 0.2) is 0 Å². The van der Waals surface area contributed by atoms with Crippen LogP contribution in [0, 0.1) is 0 Å². The van der Waals surface area contributed by atoms with Gasteiger partial charge in [0.25, 0.3) is 0 Å². The Balaban J connectivity index is 1.06. The number of fused-ring (bicyclic) bond motifs is 8. The van der Waals surface area contributed by atoms with E-state index >= 15 is 0 Å². The molecule has 9 rings (SSSR count). The molecule has 1 aromatic carbocycles. The lowest BCUT2D eigenvalue weighted by atomic mass is 9.98. The van der Waals surface area contributed by atoms with Gasteiger partial charge in [-0.3, -0.25) is 0 Å². The Hall–Kier alpha value is -2.84. The molecule has 242 valence electrons. The van der Waals surface area contributed by atoms with Crippen LogP contribution in [0.4, 0.5) is 0 Å². The fourth-order valence-corrected chi connectivity index (χ4v) is 22.4. The van der Waals surface area contributed by atoms with Crippen LogP contribution in [0.2, 0.25) is 0 Å². The Morgan fingerprint density at radius 2 is 0.854 bits per heavy atom. The van der Waals surface area contributed by atoms with E-state index in [4.69, 9.17) is 0 Å². The maximum Gasteiger partial charge on any atom is 0.0584 e. The van der Waals surface area contributed by atoms with E-state index in [1.165, 1.54) is 74.5 Å². The van der Waals surface area contributed by atoms with Crippen molar-refractivity contribution in [2.24, 2.45) is 0 Å². The first kappa shape index (κ1) is 31.2. The van der Waals surface area contributed by atoms with E-state index in [9.17, 15) is 0 Å². The van der Waals surface area contributed by atoms with Crippen molar-refractivity contribution in [3.63, 3.8) is 0 Å². The van der Waals surface area contributed by atoms with Crippen molar-refractivity contribution in [1.82, 2.24) is 0 Å². The zero-order valence-corrected chi connectivity index (χ0v) is 32.8. The van der Waals surface area contributed by atoms with E-state index in [0.29, 0.717) is 0 Å². The topological polar surface area (TPSA) is 0 Å². The first-order valence-corrected chi connectivity index (χ1v) is 24.0. The Bertz CT molecular complexity index is 2140. The highest BCUT2D eigenvalue weighted by Crippen LogP contribution is 2.75. The van der Waals surface area contributed by atoms with Crippen LogP contribution in [0.1, 0.15) is 59.7 Å². The number of allylic oxidation sites excluding steroid dienone is 6. The molecule has 0 fully saturated rings. The van der Waals surface area contributed by atoms with Crippen LogP contribution < -0.4 is 0 Å². The van der Waals surface area contributed by atoms with Crippen LogP contribution in [-0.4, -0.2) is 23.0 Å². The summed E-state index contributed by atoms with van der Waals surface area (Å²) in [6, 6.07) is 14.4. The normalized spacial score (nSPS) is 18.8. The summed E-state index contributed by atoms with van der Waals surface area (Å²) in [5.41, 5.74) is 11.2. The molecule has 5 aromatic rings. The second-order valence-corrected chi connectivity index (χ2v) is 24.4. The lowest BCUT2D eigenvalue weighted by Crippen LogP contribution is -2.03. The highest BCUT2D eigenvalue weighted by atomic mass is 32.3. The SMILES string of the molecule is C=C1C(=Cc2cc3c(s2)-c2sccc2S3(CC)CC)C(=C)c2cc3c(cc21)C(=C)C(=Cc1cc2c(s1)-c1sccc1S2(CC)CC)C3=C. The van der Waals surface area contributed by atoms with E-state index in [1.54, 1.807) is 19.6 Å². The van der Waals surface area contributed by atoms with Crippen molar-refractivity contribution in [2.75, 3.05) is 23.0 Å². The summed E-state index contributed by atoms with van der Waals surface area (Å²) in [6.07, 6.45) is 4.69. The lowest BCUT2D eigenvalue weighted by Gasteiger charge is -2.34. The van der Waals surface area contributed by atoms with Crippen molar-refractivity contribution in [1.29, 1.82) is 0 Å².